The Morgan fingerprint density at radius 1 is 1.04 bits per heavy atom. The summed E-state index contributed by atoms with van der Waals surface area (Å²) in [6, 6.07) is 3.36. The Kier molecular flexibility index (Phi) is 4.89. The zero-order chi connectivity index (χ0) is 17.9. The summed E-state index contributed by atoms with van der Waals surface area (Å²) in [6.07, 6.45) is -0.211. The molecule has 1 N–H and O–H groups in total. The first kappa shape index (κ1) is 17.0. The number of carbonyl (C=O) groups is 2. The molecule has 9 nitrogen and oxygen atoms in total. The molecule has 0 unspecified atom stereocenters. The van der Waals surface area contributed by atoms with Gasteiger partial charge in [-0.2, -0.15) is 4.98 Å². The fourth-order valence-electron chi connectivity index (χ4n) is 3.21. The van der Waals surface area contributed by atoms with E-state index in [9.17, 15) is 9.59 Å². The Balaban J connectivity index is 1.33. The fourth-order valence-corrected chi connectivity index (χ4v) is 3.21. The summed E-state index contributed by atoms with van der Waals surface area (Å²) in [6.45, 7) is 3.12. The number of hydrogen-bond donors (Lipinski definition) is 1. The highest BCUT2D eigenvalue weighted by molar-refractivity contribution is 5.94. The molecule has 2 amide bonds. The van der Waals surface area contributed by atoms with Gasteiger partial charge >= 0.3 is 0 Å². The molecule has 0 spiro atoms. The number of nitrogens with one attached hydrogen (secondary N) is 1. The standard InChI is InChI=1S/C17H21N3O6/c21-15(18-14-4-3-12-16(19-14)25-10-9-24-12)11-1-2-13(26-11)17(22)20-5-7-23-8-6-20/h3-4,11,13H,1-2,5-10H2,(H,18,19,21)/t11-,13+/m1/s1. The Morgan fingerprint density at radius 3 is 2.65 bits per heavy atom. The van der Waals surface area contributed by atoms with Gasteiger partial charge in [0.1, 0.15) is 31.2 Å². The summed E-state index contributed by atoms with van der Waals surface area (Å²) in [7, 11) is 0. The van der Waals surface area contributed by atoms with E-state index < -0.39 is 12.2 Å². The lowest BCUT2D eigenvalue weighted by Gasteiger charge is -2.29. The third kappa shape index (κ3) is 3.58. The molecular formula is C17H21N3O6. The lowest BCUT2D eigenvalue weighted by molar-refractivity contribution is -0.148. The van der Waals surface area contributed by atoms with Crippen molar-refractivity contribution in [1.29, 1.82) is 0 Å². The minimum atomic E-state index is -0.667. The van der Waals surface area contributed by atoms with E-state index in [1.54, 1.807) is 17.0 Å². The summed E-state index contributed by atoms with van der Waals surface area (Å²) in [4.78, 5) is 30.9. The predicted molar refractivity (Wildman–Crippen MR) is 89.2 cm³/mol. The van der Waals surface area contributed by atoms with Gasteiger partial charge in [0.15, 0.2) is 5.75 Å². The minimum absolute atomic E-state index is 0.0685. The monoisotopic (exact) mass is 363 g/mol. The van der Waals surface area contributed by atoms with E-state index in [-0.39, 0.29) is 11.8 Å². The highest BCUT2D eigenvalue weighted by Gasteiger charge is 2.37. The molecule has 0 bridgehead atoms. The van der Waals surface area contributed by atoms with Gasteiger partial charge in [0, 0.05) is 13.1 Å². The zero-order valence-corrected chi connectivity index (χ0v) is 14.3. The smallest absolute Gasteiger partial charge is 0.259 e. The van der Waals surface area contributed by atoms with Gasteiger partial charge in [-0.1, -0.05) is 0 Å². The number of hydrogen-bond acceptors (Lipinski definition) is 7. The number of ether oxygens (including phenoxy) is 4. The summed E-state index contributed by atoms with van der Waals surface area (Å²) in [5, 5.41) is 2.72. The highest BCUT2D eigenvalue weighted by Crippen LogP contribution is 2.29. The van der Waals surface area contributed by atoms with Gasteiger partial charge in [0.2, 0.25) is 0 Å². The molecular weight excluding hydrogens is 342 g/mol. The molecule has 2 atom stereocenters. The van der Waals surface area contributed by atoms with Crippen molar-refractivity contribution in [1.82, 2.24) is 9.88 Å². The van der Waals surface area contributed by atoms with Crippen LogP contribution in [-0.2, 0) is 19.1 Å². The zero-order valence-electron chi connectivity index (χ0n) is 14.3. The largest absolute Gasteiger partial charge is 0.484 e. The lowest BCUT2D eigenvalue weighted by Crippen LogP contribution is -2.46. The molecule has 0 saturated carbocycles. The normalized spacial score (nSPS) is 25.0. The molecule has 2 fully saturated rings. The molecule has 1 aromatic rings. The van der Waals surface area contributed by atoms with Gasteiger partial charge in [0.05, 0.1) is 13.2 Å². The van der Waals surface area contributed by atoms with Crippen molar-refractivity contribution >= 4 is 17.6 Å². The van der Waals surface area contributed by atoms with Crippen LogP contribution in [0.3, 0.4) is 0 Å². The molecule has 1 aromatic heterocycles. The number of nitrogens with zero attached hydrogens (tertiary/aromatic N) is 2. The number of rotatable bonds is 3. The van der Waals surface area contributed by atoms with Crippen molar-refractivity contribution in [2.45, 2.75) is 25.0 Å². The van der Waals surface area contributed by atoms with Gasteiger partial charge in [-0.15, -0.1) is 0 Å². The molecule has 2 saturated heterocycles. The van der Waals surface area contributed by atoms with E-state index >= 15 is 0 Å². The quantitative estimate of drug-likeness (QED) is 0.819. The molecule has 140 valence electrons. The molecule has 26 heavy (non-hydrogen) atoms. The topological polar surface area (TPSA) is 99.2 Å². The van der Waals surface area contributed by atoms with Gasteiger partial charge in [0.25, 0.3) is 17.7 Å². The van der Waals surface area contributed by atoms with E-state index in [0.717, 1.165) is 0 Å². The van der Waals surface area contributed by atoms with E-state index in [0.29, 0.717) is 69.8 Å². The van der Waals surface area contributed by atoms with Gasteiger partial charge in [-0.3, -0.25) is 9.59 Å². The summed E-state index contributed by atoms with van der Waals surface area (Å²) in [5.74, 6) is 0.905. The van der Waals surface area contributed by atoms with E-state index in [1.165, 1.54) is 0 Å². The van der Waals surface area contributed by atoms with E-state index in [2.05, 4.69) is 10.3 Å². The number of morpholine rings is 1. The van der Waals surface area contributed by atoms with E-state index in [1.807, 2.05) is 0 Å². The van der Waals surface area contributed by atoms with Crippen LogP contribution >= 0.6 is 0 Å². The fraction of sp³-hybridized carbons (Fsp3) is 0.588. The predicted octanol–water partition coefficient (Wildman–Crippen LogP) is 0.198. The number of anilines is 1. The van der Waals surface area contributed by atoms with Crippen molar-refractivity contribution < 1.29 is 28.5 Å². The van der Waals surface area contributed by atoms with Crippen LogP contribution in [0.1, 0.15) is 12.8 Å². The van der Waals surface area contributed by atoms with Crippen molar-refractivity contribution in [3.63, 3.8) is 0 Å². The highest BCUT2D eigenvalue weighted by atomic mass is 16.6. The lowest BCUT2D eigenvalue weighted by atomic mass is 10.1. The molecule has 0 radical (unpaired) electrons. The number of amides is 2. The van der Waals surface area contributed by atoms with Crippen LogP contribution in [0, 0.1) is 0 Å². The SMILES string of the molecule is O=C(Nc1ccc2c(n1)OCCO2)[C@H]1CC[C@@H](C(=O)N2CCOCC2)O1. The number of pyridine rings is 1. The van der Waals surface area contributed by atoms with Crippen molar-refractivity contribution in [2.75, 3.05) is 44.8 Å². The van der Waals surface area contributed by atoms with E-state index in [4.69, 9.17) is 18.9 Å². The molecule has 3 aliphatic heterocycles. The Bertz CT molecular complexity index is 691. The number of aromatic nitrogens is 1. The van der Waals surface area contributed by atoms with Crippen LogP contribution in [0.4, 0.5) is 5.82 Å². The van der Waals surface area contributed by atoms with Crippen LogP contribution in [0.2, 0.25) is 0 Å². The second kappa shape index (κ2) is 7.46. The molecule has 4 heterocycles. The third-order valence-electron chi connectivity index (χ3n) is 4.57. The van der Waals surface area contributed by atoms with Crippen molar-refractivity contribution in [2.24, 2.45) is 0 Å². The van der Waals surface area contributed by atoms with Gasteiger partial charge in [-0.25, -0.2) is 0 Å². The van der Waals surface area contributed by atoms with Crippen molar-refractivity contribution in [3.8, 4) is 11.6 Å². The summed E-state index contributed by atoms with van der Waals surface area (Å²) >= 11 is 0. The number of carbonyl (C=O) groups excluding carboxylic acids is 2. The maximum absolute atomic E-state index is 12.5. The molecule has 9 heteroatoms. The van der Waals surface area contributed by atoms with Crippen LogP contribution in [0.15, 0.2) is 12.1 Å². The van der Waals surface area contributed by atoms with Gasteiger partial charge in [-0.05, 0) is 25.0 Å². The molecule has 0 aliphatic carbocycles. The average Bonchev–Trinajstić information content (AvgIpc) is 3.18. The number of fused-ring (bicyclic) bond motifs is 1. The second-order valence-corrected chi connectivity index (χ2v) is 6.31. The maximum Gasteiger partial charge on any atom is 0.259 e. The maximum atomic E-state index is 12.5. The van der Waals surface area contributed by atoms with Crippen LogP contribution in [-0.4, -0.2) is 73.4 Å². The summed E-state index contributed by atoms with van der Waals surface area (Å²) < 4.78 is 21.8. The summed E-state index contributed by atoms with van der Waals surface area (Å²) in [5.41, 5.74) is 0. The molecule has 4 rings (SSSR count). The first-order valence-corrected chi connectivity index (χ1v) is 8.80. The minimum Gasteiger partial charge on any atom is -0.484 e. The van der Waals surface area contributed by atoms with Crippen LogP contribution in [0.5, 0.6) is 11.6 Å². The van der Waals surface area contributed by atoms with Gasteiger partial charge < -0.3 is 29.2 Å². The Morgan fingerprint density at radius 2 is 1.81 bits per heavy atom. The second-order valence-electron chi connectivity index (χ2n) is 6.31. The van der Waals surface area contributed by atoms with Crippen LogP contribution in [0.25, 0.3) is 0 Å². The Hall–Kier alpha value is -2.39. The molecule has 0 aromatic carbocycles. The molecule has 3 aliphatic rings. The first-order chi connectivity index (χ1) is 12.7. The van der Waals surface area contributed by atoms with Crippen LogP contribution < -0.4 is 14.8 Å². The first-order valence-electron chi connectivity index (χ1n) is 8.80. The third-order valence-corrected chi connectivity index (χ3v) is 4.57. The average molecular weight is 363 g/mol. The Labute approximate surface area is 150 Å². The van der Waals surface area contributed by atoms with Crippen molar-refractivity contribution in [3.05, 3.63) is 12.1 Å².